The Bertz CT molecular complexity index is 252. The van der Waals surface area contributed by atoms with Gasteiger partial charge in [0.1, 0.15) is 6.26 Å². The summed E-state index contributed by atoms with van der Waals surface area (Å²) in [7, 11) is 0. The van der Waals surface area contributed by atoms with Gasteiger partial charge in [0.25, 0.3) is 0 Å². The van der Waals surface area contributed by atoms with E-state index in [1.165, 1.54) is 38.5 Å². The SMILES string of the molecule is C[S+]([O-])/N=C/C12CC3CC(CC(C3)C1)C2. The fraction of sp³-hybridized carbons (Fsp3) is 0.917. The van der Waals surface area contributed by atoms with E-state index in [9.17, 15) is 4.55 Å². The van der Waals surface area contributed by atoms with Gasteiger partial charge in [-0.3, -0.25) is 0 Å². The van der Waals surface area contributed by atoms with Gasteiger partial charge in [-0.05, 0) is 56.3 Å². The molecule has 1 atom stereocenters. The van der Waals surface area contributed by atoms with Gasteiger partial charge < -0.3 is 4.55 Å². The molecule has 0 radical (unpaired) electrons. The van der Waals surface area contributed by atoms with E-state index in [0.29, 0.717) is 5.41 Å². The molecular weight excluding hydrogens is 206 g/mol. The topological polar surface area (TPSA) is 35.4 Å². The van der Waals surface area contributed by atoms with Crippen LogP contribution in [-0.4, -0.2) is 17.0 Å². The van der Waals surface area contributed by atoms with E-state index in [0.717, 1.165) is 17.8 Å². The average Bonchev–Trinajstić information content (AvgIpc) is 2.12. The normalized spacial score (nSPS) is 50.1. The number of rotatable bonds is 2. The van der Waals surface area contributed by atoms with Gasteiger partial charge in [-0.1, -0.05) is 4.40 Å². The summed E-state index contributed by atoms with van der Waals surface area (Å²) in [5.41, 5.74) is 0.348. The smallest absolute Gasteiger partial charge is 0.123 e. The molecule has 2 nitrogen and oxygen atoms in total. The van der Waals surface area contributed by atoms with Crippen molar-refractivity contribution in [1.29, 1.82) is 0 Å². The first kappa shape index (κ1) is 10.2. The van der Waals surface area contributed by atoms with Crippen molar-refractivity contribution in [3.8, 4) is 0 Å². The van der Waals surface area contributed by atoms with Crippen molar-refractivity contribution in [3.63, 3.8) is 0 Å². The monoisotopic (exact) mass is 225 g/mol. The molecule has 15 heavy (non-hydrogen) atoms. The molecule has 4 aliphatic rings. The van der Waals surface area contributed by atoms with E-state index in [1.54, 1.807) is 6.26 Å². The molecule has 3 heteroatoms. The minimum absolute atomic E-state index is 0.348. The highest BCUT2D eigenvalue weighted by atomic mass is 32.2. The van der Waals surface area contributed by atoms with Crippen molar-refractivity contribution in [2.45, 2.75) is 38.5 Å². The third-order valence-corrected chi connectivity index (χ3v) is 4.96. The Morgan fingerprint density at radius 1 is 1.13 bits per heavy atom. The van der Waals surface area contributed by atoms with Gasteiger partial charge >= 0.3 is 0 Å². The molecule has 0 aromatic heterocycles. The summed E-state index contributed by atoms with van der Waals surface area (Å²) in [6, 6.07) is 0. The molecule has 0 spiro atoms. The first-order chi connectivity index (χ1) is 7.15. The fourth-order valence-electron chi connectivity index (χ4n) is 4.52. The summed E-state index contributed by atoms with van der Waals surface area (Å²) in [4.78, 5) is 0. The second-order valence-corrected chi connectivity index (χ2v) is 7.00. The van der Waals surface area contributed by atoms with Gasteiger partial charge in [0.2, 0.25) is 0 Å². The van der Waals surface area contributed by atoms with Crippen molar-refractivity contribution in [1.82, 2.24) is 0 Å². The van der Waals surface area contributed by atoms with Crippen LogP contribution in [0.3, 0.4) is 0 Å². The average molecular weight is 225 g/mol. The molecule has 0 heterocycles. The predicted octanol–water partition coefficient (Wildman–Crippen LogP) is 2.57. The quantitative estimate of drug-likeness (QED) is 0.525. The molecule has 0 N–H and O–H groups in total. The van der Waals surface area contributed by atoms with Gasteiger partial charge in [-0.25, -0.2) is 0 Å². The van der Waals surface area contributed by atoms with Crippen LogP contribution >= 0.6 is 0 Å². The maximum Gasteiger partial charge on any atom is 0.123 e. The lowest BCUT2D eigenvalue weighted by Gasteiger charge is -2.55. The highest BCUT2D eigenvalue weighted by Gasteiger charge is 2.50. The van der Waals surface area contributed by atoms with Gasteiger partial charge in [0, 0.05) is 5.41 Å². The van der Waals surface area contributed by atoms with Crippen LogP contribution in [0.2, 0.25) is 0 Å². The Hall–Kier alpha value is -0.0200. The van der Waals surface area contributed by atoms with Crippen LogP contribution in [0.1, 0.15) is 38.5 Å². The molecular formula is C12H19NOS. The Morgan fingerprint density at radius 2 is 1.60 bits per heavy atom. The van der Waals surface area contributed by atoms with Gasteiger partial charge in [-0.15, -0.1) is 0 Å². The fourth-order valence-corrected chi connectivity index (χ4v) is 4.89. The molecule has 0 aromatic carbocycles. The molecule has 4 saturated carbocycles. The largest absolute Gasteiger partial charge is 0.592 e. The molecule has 0 aliphatic heterocycles. The highest BCUT2D eigenvalue weighted by Crippen LogP contribution is 2.59. The van der Waals surface area contributed by atoms with Crippen molar-refractivity contribution < 1.29 is 4.55 Å². The van der Waals surface area contributed by atoms with Crippen LogP contribution in [0.25, 0.3) is 0 Å². The van der Waals surface area contributed by atoms with Crippen LogP contribution in [0, 0.1) is 23.2 Å². The van der Waals surface area contributed by atoms with Crippen molar-refractivity contribution >= 4 is 17.6 Å². The summed E-state index contributed by atoms with van der Waals surface area (Å²) in [5.74, 6) is 2.86. The molecule has 4 bridgehead atoms. The Morgan fingerprint density at radius 3 is 2.00 bits per heavy atom. The summed E-state index contributed by atoms with van der Waals surface area (Å²) < 4.78 is 15.2. The lowest BCUT2D eigenvalue weighted by molar-refractivity contribution is -0.00950. The molecule has 84 valence electrons. The number of hydrogen-bond acceptors (Lipinski definition) is 2. The van der Waals surface area contributed by atoms with Crippen LogP contribution in [-0.2, 0) is 11.4 Å². The van der Waals surface area contributed by atoms with E-state index in [1.807, 2.05) is 0 Å². The van der Waals surface area contributed by atoms with Crippen molar-refractivity contribution in [2.24, 2.45) is 27.6 Å². The lowest BCUT2D eigenvalue weighted by atomic mass is 9.50. The second kappa shape index (κ2) is 3.49. The van der Waals surface area contributed by atoms with Crippen LogP contribution in [0.15, 0.2) is 4.40 Å². The molecule has 0 aromatic rings. The number of hydrogen-bond donors (Lipinski definition) is 0. The third-order valence-electron chi connectivity index (χ3n) is 4.56. The van der Waals surface area contributed by atoms with Crippen LogP contribution in [0.5, 0.6) is 0 Å². The summed E-state index contributed by atoms with van der Waals surface area (Å²) in [6.45, 7) is 0. The maximum absolute atomic E-state index is 11.1. The van der Waals surface area contributed by atoms with Gasteiger partial charge in [0.05, 0.1) is 17.6 Å². The minimum Gasteiger partial charge on any atom is -0.592 e. The lowest BCUT2D eigenvalue weighted by Crippen LogP contribution is -2.46. The van der Waals surface area contributed by atoms with Gasteiger partial charge in [-0.2, -0.15) is 0 Å². The molecule has 0 amide bonds. The first-order valence-corrected chi connectivity index (χ1v) is 7.55. The highest BCUT2D eigenvalue weighted by molar-refractivity contribution is 7.89. The standard InChI is InChI=1S/C12H19NOS/c1-15(14)13-8-12-5-9-2-10(6-12)4-11(3-9)7-12/h8-11H,2-7H2,1H3/b13-8+. The third kappa shape index (κ3) is 1.84. The van der Waals surface area contributed by atoms with E-state index < -0.39 is 11.4 Å². The Balaban J connectivity index is 1.81. The van der Waals surface area contributed by atoms with Crippen LogP contribution in [0.4, 0.5) is 0 Å². The first-order valence-electron chi connectivity index (χ1n) is 6.04. The Labute approximate surface area is 94.9 Å². The van der Waals surface area contributed by atoms with E-state index in [2.05, 4.69) is 10.6 Å². The minimum atomic E-state index is -1.01. The summed E-state index contributed by atoms with van der Waals surface area (Å²) in [5, 5.41) is 0. The van der Waals surface area contributed by atoms with Crippen LogP contribution < -0.4 is 0 Å². The van der Waals surface area contributed by atoms with Crippen molar-refractivity contribution in [3.05, 3.63) is 0 Å². The maximum atomic E-state index is 11.1. The number of nitrogens with zero attached hydrogens (tertiary/aromatic N) is 1. The van der Waals surface area contributed by atoms with Crippen molar-refractivity contribution in [2.75, 3.05) is 6.26 Å². The zero-order chi connectivity index (χ0) is 10.5. The summed E-state index contributed by atoms with van der Waals surface area (Å²) in [6.07, 6.45) is 12.1. The molecule has 1 unspecified atom stereocenters. The zero-order valence-electron chi connectivity index (χ0n) is 9.32. The predicted molar refractivity (Wildman–Crippen MR) is 63.2 cm³/mol. The van der Waals surface area contributed by atoms with E-state index >= 15 is 0 Å². The molecule has 4 rings (SSSR count). The van der Waals surface area contributed by atoms with E-state index in [-0.39, 0.29) is 0 Å². The zero-order valence-corrected chi connectivity index (χ0v) is 10.1. The second-order valence-electron chi connectivity index (χ2n) is 5.94. The Kier molecular flexibility index (Phi) is 2.36. The molecule has 0 saturated heterocycles. The van der Waals surface area contributed by atoms with Gasteiger partial charge in [0.15, 0.2) is 0 Å². The summed E-state index contributed by atoms with van der Waals surface area (Å²) >= 11 is -1.01. The van der Waals surface area contributed by atoms with E-state index in [4.69, 9.17) is 0 Å². The molecule has 4 fully saturated rings. The molecule has 4 aliphatic carbocycles.